The fraction of sp³-hybridized carbons (Fsp3) is 0.333. The molecule has 0 aliphatic carbocycles. The number of ether oxygens (including phenoxy) is 1. The van der Waals surface area contributed by atoms with Crippen LogP contribution >= 0.6 is 0 Å². The summed E-state index contributed by atoms with van der Waals surface area (Å²) in [6.07, 6.45) is 0.514. The Morgan fingerprint density at radius 3 is 2.43 bits per heavy atom. The maximum atomic E-state index is 14.1. The smallest absolute Gasteiger partial charge is 0.127 e. The van der Waals surface area contributed by atoms with Crippen LogP contribution in [0.3, 0.4) is 0 Å². The van der Waals surface area contributed by atoms with Crippen molar-refractivity contribution in [2.24, 2.45) is 0 Å². The normalized spacial score (nSPS) is 13.7. The molecule has 1 atom stereocenters. The van der Waals surface area contributed by atoms with Crippen molar-refractivity contribution in [1.82, 2.24) is 0 Å². The van der Waals surface area contributed by atoms with E-state index in [1.807, 2.05) is 38.1 Å². The Morgan fingerprint density at radius 1 is 1.10 bits per heavy atom. The van der Waals surface area contributed by atoms with Gasteiger partial charge in [-0.2, -0.15) is 0 Å². The zero-order chi connectivity index (χ0) is 15.3. The van der Waals surface area contributed by atoms with Crippen molar-refractivity contribution in [3.05, 3.63) is 65.5 Å². The molecule has 112 valence electrons. The lowest BCUT2D eigenvalue weighted by Crippen LogP contribution is -2.31. The maximum absolute atomic E-state index is 14.1. The van der Waals surface area contributed by atoms with Gasteiger partial charge >= 0.3 is 0 Å². The second-order valence-corrected chi connectivity index (χ2v) is 5.42. The lowest BCUT2D eigenvalue weighted by Gasteiger charge is -2.29. The molecule has 0 bridgehead atoms. The molecule has 0 saturated heterocycles. The SMILES string of the molecule is CCOc1ccccc1CC(C)(CO)c1ccccc1F. The third kappa shape index (κ3) is 3.42. The predicted octanol–water partition coefficient (Wildman–Crippen LogP) is 3.72. The summed E-state index contributed by atoms with van der Waals surface area (Å²) in [5.41, 5.74) is 0.816. The summed E-state index contributed by atoms with van der Waals surface area (Å²) in [7, 11) is 0. The van der Waals surface area contributed by atoms with Gasteiger partial charge in [-0.25, -0.2) is 4.39 Å². The van der Waals surface area contributed by atoms with Crippen LogP contribution in [0.1, 0.15) is 25.0 Å². The van der Waals surface area contributed by atoms with Crippen LogP contribution in [0.15, 0.2) is 48.5 Å². The number of halogens is 1. The first kappa shape index (κ1) is 15.5. The number of benzene rings is 2. The van der Waals surface area contributed by atoms with Crippen LogP contribution in [0.4, 0.5) is 4.39 Å². The Bertz CT molecular complexity index is 597. The minimum absolute atomic E-state index is 0.131. The molecule has 0 fully saturated rings. The second kappa shape index (κ2) is 6.72. The van der Waals surface area contributed by atoms with Crippen LogP contribution in [0, 0.1) is 5.82 Å². The van der Waals surface area contributed by atoms with E-state index in [0.29, 0.717) is 18.6 Å². The van der Waals surface area contributed by atoms with E-state index in [1.165, 1.54) is 6.07 Å². The van der Waals surface area contributed by atoms with E-state index in [0.717, 1.165) is 11.3 Å². The molecule has 1 unspecified atom stereocenters. The average Bonchev–Trinajstić information content (AvgIpc) is 2.50. The van der Waals surface area contributed by atoms with Gasteiger partial charge in [0.25, 0.3) is 0 Å². The quantitative estimate of drug-likeness (QED) is 0.878. The number of hydrogen-bond acceptors (Lipinski definition) is 2. The standard InChI is InChI=1S/C18H21FO2/c1-3-21-17-11-7-4-8-14(17)12-18(2,13-20)15-9-5-6-10-16(15)19/h4-11,20H,3,12-13H2,1-2H3. The fourth-order valence-electron chi connectivity index (χ4n) is 2.55. The van der Waals surface area contributed by atoms with Crippen LogP contribution in [-0.2, 0) is 11.8 Å². The summed E-state index contributed by atoms with van der Waals surface area (Å²) >= 11 is 0. The summed E-state index contributed by atoms with van der Waals surface area (Å²) in [6.45, 7) is 4.24. The maximum Gasteiger partial charge on any atom is 0.127 e. The third-order valence-corrected chi connectivity index (χ3v) is 3.73. The van der Waals surface area contributed by atoms with Gasteiger partial charge in [-0.15, -0.1) is 0 Å². The second-order valence-electron chi connectivity index (χ2n) is 5.42. The van der Waals surface area contributed by atoms with Gasteiger partial charge in [0.1, 0.15) is 11.6 Å². The van der Waals surface area contributed by atoms with Crippen molar-refractivity contribution < 1.29 is 14.2 Å². The van der Waals surface area contributed by atoms with Gasteiger partial charge in [-0.1, -0.05) is 43.3 Å². The van der Waals surface area contributed by atoms with Gasteiger partial charge in [0.15, 0.2) is 0 Å². The van der Waals surface area contributed by atoms with Crippen molar-refractivity contribution in [2.45, 2.75) is 25.7 Å². The molecular weight excluding hydrogens is 267 g/mol. The minimum atomic E-state index is -0.682. The van der Waals surface area contributed by atoms with E-state index in [-0.39, 0.29) is 12.4 Å². The van der Waals surface area contributed by atoms with E-state index in [9.17, 15) is 9.50 Å². The number of rotatable bonds is 6. The Kier molecular flexibility index (Phi) is 4.97. The Morgan fingerprint density at radius 2 is 1.76 bits per heavy atom. The Hall–Kier alpha value is -1.87. The highest BCUT2D eigenvalue weighted by molar-refractivity contribution is 5.37. The number of aliphatic hydroxyl groups excluding tert-OH is 1. The van der Waals surface area contributed by atoms with Crippen LogP contribution in [-0.4, -0.2) is 18.3 Å². The third-order valence-electron chi connectivity index (χ3n) is 3.73. The molecule has 2 aromatic rings. The largest absolute Gasteiger partial charge is 0.494 e. The summed E-state index contributed by atoms with van der Waals surface area (Å²) in [4.78, 5) is 0. The molecule has 2 rings (SSSR count). The van der Waals surface area contributed by atoms with Gasteiger partial charge < -0.3 is 9.84 Å². The zero-order valence-corrected chi connectivity index (χ0v) is 12.5. The highest BCUT2D eigenvalue weighted by Gasteiger charge is 2.30. The van der Waals surface area contributed by atoms with Crippen molar-refractivity contribution >= 4 is 0 Å². The molecule has 0 saturated carbocycles. The first-order chi connectivity index (χ1) is 10.1. The van der Waals surface area contributed by atoms with Crippen molar-refractivity contribution in [3.63, 3.8) is 0 Å². The number of hydrogen-bond donors (Lipinski definition) is 1. The summed E-state index contributed by atoms with van der Waals surface area (Å²) in [5.74, 6) is 0.499. The predicted molar refractivity (Wildman–Crippen MR) is 82.2 cm³/mol. The molecule has 0 aliphatic rings. The van der Waals surface area contributed by atoms with Gasteiger partial charge in [0.05, 0.1) is 13.2 Å². The molecular formula is C18H21FO2. The molecule has 0 aliphatic heterocycles. The Labute approximate surface area is 125 Å². The van der Waals surface area contributed by atoms with Gasteiger partial charge in [-0.05, 0) is 36.6 Å². The summed E-state index contributed by atoms with van der Waals surface area (Å²) in [6, 6.07) is 14.3. The van der Waals surface area contributed by atoms with E-state index in [2.05, 4.69) is 0 Å². The highest BCUT2D eigenvalue weighted by Crippen LogP contribution is 2.32. The molecule has 0 amide bonds. The summed E-state index contributed by atoms with van der Waals surface area (Å²) in [5, 5.41) is 9.84. The fourth-order valence-corrected chi connectivity index (χ4v) is 2.55. The van der Waals surface area contributed by atoms with Gasteiger partial charge in [0, 0.05) is 5.41 Å². The number of aliphatic hydroxyl groups is 1. The molecule has 1 N–H and O–H groups in total. The average molecular weight is 288 g/mol. The lowest BCUT2D eigenvalue weighted by molar-refractivity contribution is 0.199. The topological polar surface area (TPSA) is 29.5 Å². The molecule has 0 aromatic heterocycles. The summed E-state index contributed by atoms with van der Waals surface area (Å²) < 4.78 is 19.7. The lowest BCUT2D eigenvalue weighted by atomic mass is 9.77. The van der Waals surface area contributed by atoms with E-state index >= 15 is 0 Å². The van der Waals surface area contributed by atoms with Crippen LogP contribution < -0.4 is 4.74 Å². The Balaban J connectivity index is 2.37. The van der Waals surface area contributed by atoms with Gasteiger partial charge in [-0.3, -0.25) is 0 Å². The molecule has 21 heavy (non-hydrogen) atoms. The van der Waals surface area contributed by atoms with Crippen LogP contribution in [0.5, 0.6) is 5.75 Å². The molecule has 2 nitrogen and oxygen atoms in total. The number of para-hydroxylation sites is 1. The monoisotopic (exact) mass is 288 g/mol. The highest BCUT2D eigenvalue weighted by atomic mass is 19.1. The molecule has 0 spiro atoms. The first-order valence-corrected chi connectivity index (χ1v) is 7.17. The van der Waals surface area contributed by atoms with Crippen LogP contribution in [0.2, 0.25) is 0 Å². The van der Waals surface area contributed by atoms with Crippen molar-refractivity contribution in [2.75, 3.05) is 13.2 Å². The molecule has 3 heteroatoms. The van der Waals surface area contributed by atoms with E-state index in [4.69, 9.17) is 4.74 Å². The minimum Gasteiger partial charge on any atom is -0.494 e. The molecule has 2 aromatic carbocycles. The van der Waals surface area contributed by atoms with Crippen molar-refractivity contribution in [1.29, 1.82) is 0 Å². The zero-order valence-electron chi connectivity index (χ0n) is 12.5. The van der Waals surface area contributed by atoms with Crippen LogP contribution in [0.25, 0.3) is 0 Å². The van der Waals surface area contributed by atoms with Gasteiger partial charge in [0.2, 0.25) is 0 Å². The van der Waals surface area contributed by atoms with E-state index in [1.54, 1.807) is 18.2 Å². The first-order valence-electron chi connectivity index (χ1n) is 7.17. The molecule has 0 radical (unpaired) electrons. The van der Waals surface area contributed by atoms with Crippen molar-refractivity contribution in [3.8, 4) is 5.75 Å². The molecule has 0 heterocycles. The van der Waals surface area contributed by atoms with E-state index < -0.39 is 5.41 Å².